The maximum Gasteiger partial charge on any atom is 0.345 e. The number of halogens is 2. The zero-order valence-corrected chi connectivity index (χ0v) is 14.7. The Morgan fingerprint density at radius 3 is 2.62 bits per heavy atom. The minimum Gasteiger partial charge on any atom is -0.493 e. The summed E-state index contributed by atoms with van der Waals surface area (Å²) in [6, 6.07) is 6.24. The van der Waals surface area contributed by atoms with Gasteiger partial charge in [0, 0.05) is 11.6 Å². The molecule has 2 aromatic rings. The van der Waals surface area contributed by atoms with E-state index in [1.54, 1.807) is 6.92 Å². The van der Waals surface area contributed by atoms with E-state index in [0.29, 0.717) is 0 Å². The summed E-state index contributed by atoms with van der Waals surface area (Å²) in [6.45, 7) is 1.48. The first-order chi connectivity index (χ1) is 12.4. The van der Waals surface area contributed by atoms with E-state index in [-0.39, 0.29) is 34.3 Å². The highest BCUT2D eigenvalue weighted by atomic mass is 35.5. The Bertz CT molecular complexity index is 822. The normalized spacial score (nSPS) is 10.3. The van der Waals surface area contributed by atoms with Crippen LogP contribution in [0.15, 0.2) is 30.3 Å². The molecule has 0 atom stereocenters. The summed E-state index contributed by atoms with van der Waals surface area (Å²) in [5.74, 6) is -1.41. The van der Waals surface area contributed by atoms with Crippen LogP contribution in [0.25, 0.3) is 0 Å². The number of carbonyl (C=O) groups excluding carboxylic acids is 1. The molecule has 9 heteroatoms. The molecule has 0 radical (unpaired) electrons. The van der Waals surface area contributed by atoms with Crippen molar-refractivity contribution in [2.75, 3.05) is 13.7 Å². The van der Waals surface area contributed by atoms with Crippen LogP contribution in [-0.4, -0.2) is 24.6 Å². The van der Waals surface area contributed by atoms with Gasteiger partial charge in [0.2, 0.25) is 0 Å². The minimum absolute atomic E-state index is 0.0249. The highest BCUT2D eigenvalue weighted by Gasteiger charge is 2.26. The topological polar surface area (TPSA) is 87.9 Å². The molecule has 7 nitrogen and oxygen atoms in total. The van der Waals surface area contributed by atoms with Crippen molar-refractivity contribution < 1.29 is 28.3 Å². The van der Waals surface area contributed by atoms with Crippen molar-refractivity contribution in [3.05, 3.63) is 62.4 Å². The predicted molar refractivity (Wildman–Crippen MR) is 91.3 cm³/mol. The Balaban J connectivity index is 2.34. The zero-order valence-electron chi connectivity index (χ0n) is 14.0. The molecule has 0 fully saturated rings. The lowest BCUT2D eigenvalue weighted by Crippen LogP contribution is -2.10. The van der Waals surface area contributed by atoms with Crippen LogP contribution in [0, 0.1) is 15.9 Å². The molecule has 2 rings (SSSR count). The van der Waals surface area contributed by atoms with E-state index >= 15 is 0 Å². The Labute approximate surface area is 153 Å². The van der Waals surface area contributed by atoms with Gasteiger partial charge < -0.3 is 14.2 Å². The Hall–Kier alpha value is -2.87. The van der Waals surface area contributed by atoms with Crippen molar-refractivity contribution in [1.29, 1.82) is 0 Å². The molecule has 2 aromatic carbocycles. The van der Waals surface area contributed by atoms with Crippen molar-refractivity contribution in [3.8, 4) is 11.5 Å². The van der Waals surface area contributed by atoms with Crippen molar-refractivity contribution in [2.24, 2.45) is 0 Å². The minimum atomic E-state index is -1.02. The summed E-state index contributed by atoms with van der Waals surface area (Å²) in [5.41, 5.74) is -0.885. The van der Waals surface area contributed by atoms with Crippen LogP contribution in [0.2, 0.25) is 5.02 Å². The number of benzene rings is 2. The van der Waals surface area contributed by atoms with Crippen LogP contribution in [-0.2, 0) is 11.3 Å². The van der Waals surface area contributed by atoms with Crippen molar-refractivity contribution in [1.82, 2.24) is 0 Å². The molecular weight excluding hydrogens is 369 g/mol. The molecule has 0 amide bonds. The highest BCUT2D eigenvalue weighted by molar-refractivity contribution is 6.31. The number of rotatable bonds is 7. The molecule has 0 aliphatic rings. The average molecular weight is 384 g/mol. The van der Waals surface area contributed by atoms with E-state index in [2.05, 4.69) is 0 Å². The summed E-state index contributed by atoms with van der Waals surface area (Å²) in [4.78, 5) is 22.9. The molecule has 0 saturated heterocycles. The van der Waals surface area contributed by atoms with Gasteiger partial charge in [-0.25, -0.2) is 9.18 Å². The second kappa shape index (κ2) is 8.48. The first kappa shape index (κ1) is 19.5. The molecule has 138 valence electrons. The molecule has 0 bridgehead atoms. The number of methoxy groups -OCH3 is 1. The van der Waals surface area contributed by atoms with Crippen LogP contribution in [0.5, 0.6) is 11.5 Å². The van der Waals surface area contributed by atoms with E-state index < -0.39 is 29.0 Å². The molecule has 0 N–H and O–H groups in total. The summed E-state index contributed by atoms with van der Waals surface area (Å²) in [6.07, 6.45) is 0. The number of hydrogen-bond donors (Lipinski definition) is 0. The summed E-state index contributed by atoms with van der Waals surface area (Å²) in [7, 11) is 1.33. The van der Waals surface area contributed by atoms with Crippen molar-refractivity contribution >= 4 is 23.3 Å². The second-order valence-corrected chi connectivity index (χ2v) is 5.39. The molecule has 0 saturated carbocycles. The molecule has 0 spiro atoms. The quantitative estimate of drug-likeness (QED) is 0.405. The second-order valence-electron chi connectivity index (χ2n) is 4.99. The molecule has 0 aliphatic heterocycles. The lowest BCUT2D eigenvalue weighted by molar-refractivity contribution is -0.385. The third-order valence-corrected chi connectivity index (χ3v) is 3.76. The maximum atomic E-state index is 13.7. The predicted octanol–water partition coefficient (Wildman–Crippen LogP) is 4.15. The third kappa shape index (κ3) is 4.20. The molecule has 0 aromatic heterocycles. The number of nitro benzene ring substituents is 1. The molecule has 26 heavy (non-hydrogen) atoms. The molecule has 0 heterocycles. The SMILES string of the molecule is CCOc1cc([N+](=O)[O-])c(C(=O)OCc2c(F)cccc2Cl)cc1OC. The first-order valence-corrected chi connectivity index (χ1v) is 7.86. The maximum absolute atomic E-state index is 13.7. The van der Waals surface area contributed by atoms with Crippen molar-refractivity contribution in [2.45, 2.75) is 13.5 Å². The van der Waals surface area contributed by atoms with Crippen LogP contribution >= 0.6 is 11.6 Å². The number of ether oxygens (including phenoxy) is 3. The molecule has 0 aliphatic carbocycles. The smallest absolute Gasteiger partial charge is 0.345 e. The Morgan fingerprint density at radius 2 is 2.04 bits per heavy atom. The average Bonchev–Trinajstić information content (AvgIpc) is 2.60. The van der Waals surface area contributed by atoms with Gasteiger partial charge in [-0.2, -0.15) is 0 Å². The van der Waals surface area contributed by atoms with Gasteiger partial charge in [-0.1, -0.05) is 17.7 Å². The fraction of sp³-hybridized carbons (Fsp3) is 0.235. The van der Waals surface area contributed by atoms with E-state index in [4.69, 9.17) is 25.8 Å². The largest absolute Gasteiger partial charge is 0.493 e. The molecule has 0 unspecified atom stereocenters. The van der Waals surface area contributed by atoms with E-state index in [1.165, 1.54) is 19.2 Å². The number of hydrogen-bond acceptors (Lipinski definition) is 6. The monoisotopic (exact) mass is 383 g/mol. The van der Waals surface area contributed by atoms with Gasteiger partial charge in [0.15, 0.2) is 11.5 Å². The zero-order chi connectivity index (χ0) is 19.3. The van der Waals surface area contributed by atoms with Gasteiger partial charge in [-0.05, 0) is 19.1 Å². The standard InChI is InChI=1S/C17H15ClFNO6/c1-3-25-16-8-14(20(22)23)10(7-15(16)24-2)17(21)26-9-11-12(18)5-4-6-13(11)19/h4-8H,3,9H2,1-2H3. The Morgan fingerprint density at radius 1 is 1.31 bits per heavy atom. The number of nitrogens with zero attached hydrogens (tertiary/aromatic N) is 1. The first-order valence-electron chi connectivity index (χ1n) is 7.48. The Kier molecular flexibility index (Phi) is 6.35. The van der Waals surface area contributed by atoms with Gasteiger partial charge in [0.05, 0.1) is 29.7 Å². The van der Waals surface area contributed by atoms with Crippen LogP contribution in [0.1, 0.15) is 22.8 Å². The third-order valence-electron chi connectivity index (χ3n) is 3.41. The van der Waals surface area contributed by atoms with Gasteiger partial charge in [-0.3, -0.25) is 10.1 Å². The van der Waals surface area contributed by atoms with E-state index in [0.717, 1.165) is 18.2 Å². The van der Waals surface area contributed by atoms with Gasteiger partial charge in [-0.15, -0.1) is 0 Å². The van der Waals surface area contributed by atoms with E-state index in [1.807, 2.05) is 0 Å². The lowest BCUT2D eigenvalue weighted by Gasteiger charge is -2.12. The highest BCUT2D eigenvalue weighted by Crippen LogP contribution is 2.35. The van der Waals surface area contributed by atoms with Gasteiger partial charge in [0.1, 0.15) is 18.0 Å². The summed E-state index contributed by atoms with van der Waals surface area (Å²) >= 11 is 5.87. The fourth-order valence-electron chi connectivity index (χ4n) is 2.18. The van der Waals surface area contributed by atoms with Crippen LogP contribution in [0.3, 0.4) is 0 Å². The van der Waals surface area contributed by atoms with Gasteiger partial charge >= 0.3 is 5.97 Å². The van der Waals surface area contributed by atoms with Gasteiger partial charge in [0.25, 0.3) is 5.69 Å². The lowest BCUT2D eigenvalue weighted by atomic mass is 10.1. The van der Waals surface area contributed by atoms with Crippen LogP contribution < -0.4 is 9.47 Å². The van der Waals surface area contributed by atoms with Crippen LogP contribution in [0.4, 0.5) is 10.1 Å². The van der Waals surface area contributed by atoms with E-state index in [9.17, 15) is 19.3 Å². The fourth-order valence-corrected chi connectivity index (χ4v) is 2.39. The number of esters is 1. The summed E-state index contributed by atoms with van der Waals surface area (Å²) < 4.78 is 29.1. The van der Waals surface area contributed by atoms with Crippen molar-refractivity contribution in [3.63, 3.8) is 0 Å². The number of carbonyl (C=O) groups is 1. The molecular formula is C17H15ClFNO6. The number of nitro groups is 1. The summed E-state index contributed by atoms with van der Waals surface area (Å²) in [5, 5.41) is 11.4.